The molecule has 0 aliphatic rings. The minimum Gasteiger partial charge on any atom is -0.474 e. The van der Waals surface area contributed by atoms with Crippen LogP contribution in [0.25, 0.3) is 0 Å². The number of hydrogen-bond donors (Lipinski definition) is 4. The van der Waals surface area contributed by atoms with Crippen molar-refractivity contribution in [3.63, 3.8) is 0 Å². The molecule has 0 spiro atoms. The molecule has 7 heteroatoms. The van der Waals surface area contributed by atoms with Crippen LogP contribution in [0.15, 0.2) is 54.6 Å². The van der Waals surface area contributed by atoms with Crippen molar-refractivity contribution in [1.29, 1.82) is 0 Å². The van der Waals surface area contributed by atoms with Gasteiger partial charge in [-0.05, 0) is 29.7 Å². The van der Waals surface area contributed by atoms with E-state index in [4.69, 9.17) is 5.11 Å². The van der Waals surface area contributed by atoms with Crippen LogP contribution >= 0.6 is 0 Å². The lowest BCUT2D eigenvalue weighted by atomic mass is 9.84. The molecule has 0 saturated carbocycles. The molecule has 2 aromatic rings. The van der Waals surface area contributed by atoms with E-state index < -0.39 is 24.0 Å². The van der Waals surface area contributed by atoms with Crippen LogP contribution in [-0.2, 0) is 21.5 Å². The molecule has 0 saturated heterocycles. The Bertz CT molecular complexity index is 962. The molecular formula is C30H42N2O5. The molecule has 0 aliphatic carbocycles. The summed E-state index contributed by atoms with van der Waals surface area (Å²) in [5, 5.41) is 24.8. The van der Waals surface area contributed by atoms with Crippen molar-refractivity contribution >= 4 is 17.8 Å². The predicted molar refractivity (Wildman–Crippen MR) is 145 cm³/mol. The Balaban J connectivity index is 1.85. The van der Waals surface area contributed by atoms with E-state index in [1.165, 1.54) is 51.4 Å². The van der Waals surface area contributed by atoms with E-state index >= 15 is 0 Å². The van der Waals surface area contributed by atoms with Gasteiger partial charge in [-0.1, -0.05) is 107 Å². The van der Waals surface area contributed by atoms with Gasteiger partial charge >= 0.3 is 11.9 Å². The van der Waals surface area contributed by atoms with Crippen LogP contribution in [-0.4, -0.2) is 41.1 Å². The number of hydrogen-bond acceptors (Lipinski definition) is 4. The Labute approximate surface area is 220 Å². The van der Waals surface area contributed by atoms with E-state index in [0.717, 1.165) is 18.4 Å². The number of nitrogens with one attached hydrogen (secondary N) is 2. The van der Waals surface area contributed by atoms with Gasteiger partial charge in [0.2, 0.25) is 0 Å². The predicted octanol–water partition coefficient (Wildman–Crippen LogP) is 4.97. The number of aliphatic carboxylic acids is 1. The summed E-state index contributed by atoms with van der Waals surface area (Å²) in [4.78, 5) is 35.7. The number of carbonyl (C=O) groups is 3. The van der Waals surface area contributed by atoms with Gasteiger partial charge in [-0.3, -0.25) is 9.59 Å². The fourth-order valence-electron chi connectivity index (χ4n) is 4.47. The first-order valence-electron chi connectivity index (χ1n) is 13.5. The largest absolute Gasteiger partial charge is 0.474 e. The molecule has 1 atom stereocenters. The van der Waals surface area contributed by atoms with E-state index in [-0.39, 0.29) is 12.3 Å². The Hall–Kier alpha value is -3.19. The SMILES string of the molecule is CCCCCCCCCCCCNC(=O)c1ccc(CC(CO)(NC(=O)C(=O)O)c2ccccc2)cc1. The van der Waals surface area contributed by atoms with Gasteiger partial charge in [0, 0.05) is 18.5 Å². The summed E-state index contributed by atoms with van der Waals surface area (Å²) in [6.45, 7) is 2.38. The highest BCUT2D eigenvalue weighted by atomic mass is 16.4. The maximum atomic E-state index is 12.5. The van der Waals surface area contributed by atoms with Crippen molar-refractivity contribution < 1.29 is 24.6 Å². The third-order valence-electron chi connectivity index (χ3n) is 6.68. The molecular weight excluding hydrogens is 468 g/mol. The maximum Gasteiger partial charge on any atom is 0.394 e. The minimum atomic E-state index is -1.62. The van der Waals surface area contributed by atoms with E-state index in [1.807, 2.05) is 0 Å². The maximum absolute atomic E-state index is 12.5. The highest BCUT2D eigenvalue weighted by Gasteiger charge is 2.35. The number of unbranched alkanes of at least 4 members (excludes halogenated alkanes) is 9. The smallest absolute Gasteiger partial charge is 0.394 e. The first kappa shape index (κ1) is 30.0. The summed E-state index contributed by atoms with van der Waals surface area (Å²) < 4.78 is 0. The third-order valence-corrected chi connectivity index (χ3v) is 6.68. The Kier molecular flexibility index (Phi) is 13.4. The number of carbonyl (C=O) groups excluding carboxylic acids is 2. The van der Waals surface area contributed by atoms with Crippen molar-refractivity contribution in [3.05, 3.63) is 71.3 Å². The van der Waals surface area contributed by atoms with Gasteiger partial charge < -0.3 is 20.8 Å². The van der Waals surface area contributed by atoms with Crippen LogP contribution in [0.5, 0.6) is 0 Å². The summed E-state index contributed by atoms with van der Waals surface area (Å²) in [5.41, 5.74) is 0.552. The van der Waals surface area contributed by atoms with Gasteiger partial charge in [-0.2, -0.15) is 0 Å². The first-order valence-corrected chi connectivity index (χ1v) is 13.5. The molecule has 0 bridgehead atoms. The zero-order chi connectivity index (χ0) is 26.9. The number of rotatable bonds is 17. The molecule has 0 aromatic heterocycles. The normalized spacial score (nSPS) is 12.5. The molecule has 2 rings (SSSR count). The fraction of sp³-hybridized carbons (Fsp3) is 0.500. The van der Waals surface area contributed by atoms with Gasteiger partial charge in [-0.15, -0.1) is 0 Å². The summed E-state index contributed by atoms with van der Waals surface area (Å²) in [5.74, 6) is -2.96. The minimum absolute atomic E-state index is 0.141. The monoisotopic (exact) mass is 510 g/mol. The number of benzene rings is 2. The van der Waals surface area contributed by atoms with Gasteiger partial charge in [0.15, 0.2) is 0 Å². The molecule has 2 amide bonds. The second-order valence-electron chi connectivity index (χ2n) is 9.68. The standard InChI is InChI=1S/C30H42N2O5/c1-2-3-4-5-6-7-8-9-10-14-21-31-27(34)25-19-17-24(18-20-25)22-30(23-33,32-28(35)29(36)37)26-15-12-11-13-16-26/h11-13,15-20,33H,2-10,14,21-23H2,1H3,(H,31,34)(H,32,35)(H,36,37). The topological polar surface area (TPSA) is 116 Å². The highest BCUT2D eigenvalue weighted by molar-refractivity contribution is 6.31. The number of carboxylic acids is 1. The molecule has 7 nitrogen and oxygen atoms in total. The summed E-state index contributed by atoms with van der Waals surface area (Å²) in [6, 6.07) is 15.7. The molecule has 202 valence electrons. The van der Waals surface area contributed by atoms with Crippen LogP contribution in [0.2, 0.25) is 0 Å². The summed E-state index contributed by atoms with van der Waals surface area (Å²) in [6.07, 6.45) is 12.6. The second-order valence-corrected chi connectivity index (χ2v) is 9.68. The first-order chi connectivity index (χ1) is 17.9. The van der Waals surface area contributed by atoms with Crippen LogP contribution in [0.4, 0.5) is 0 Å². The quantitative estimate of drug-likeness (QED) is 0.177. The molecule has 4 N–H and O–H groups in total. The van der Waals surface area contributed by atoms with Gasteiger partial charge in [0.25, 0.3) is 5.91 Å². The fourth-order valence-corrected chi connectivity index (χ4v) is 4.47. The lowest BCUT2D eigenvalue weighted by Crippen LogP contribution is -2.52. The third kappa shape index (κ3) is 10.4. The molecule has 37 heavy (non-hydrogen) atoms. The van der Waals surface area contributed by atoms with Crippen LogP contribution in [0.1, 0.15) is 92.6 Å². The zero-order valence-corrected chi connectivity index (χ0v) is 22.0. The molecule has 0 fully saturated rings. The average molecular weight is 511 g/mol. The van der Waals surface area contributed by atoms with E-state index in [2.05, 4.69) is 17.6 Å². The van der Waals surface area contributed by atoms with Gasteiger partial charge in [0.05, 0.1) is 12.1 Å². The van der Waals surface area contributed by atoms with Gasteiger partial charge in [-0.25, -0.2) is 4.79 Å². The molecule has 0 aliphatic heterocycles. The molecule has 0 heterocycles. The highest BCUT2D eigenvalue weighted by Crippen LogP contribution is 2.26. The van der Waals surface area contributed by atoms with Crippen LogP contribution in [0.3, 0.4) is 0 Å². The van der Waals surface area contributed by atoms with Crippen LogP contribution < -0.4 is 10.6 Å². The van der Waals surface area contributed by atoms with Crippen LogP contribution in [0, 0.1) is 0 Å². The molecule has 2 aromatic carbocycles. The average Bonchev–Trinajstić information content (AvgIpc) is 2.92. The zero-order valence-electron chi connectivity index (χ0n) is 22.0. The van der Waals surface area contributed by atoms with Crippen molar-refractivity contribution in [1.82, 2.24) is 10.6 Å². The van der Waals surface area contributed by atoms with Gasteiger partial charge in [0.1, 0.15) is 0 Å². The lowest BCUT2D eigenvalue weighted by Gasteiger charge is -2.33. The number of carboxylic acid groups (broad SMARTS) is 1. The Morgan fingerprint density at radius 1 is 0.784 bits per heavy atom. The summed E-state index contributed by atoms with van der Waals surface area (Å²) >= 11 is 0. The second kappa shape index (κ2) is 16.5. The summed E-state index contributed by atoms with van der Waals surface area (Å²) in [7, 11) is 0. The lowest BCUT2D eigenvalue weighted by molar-refractivity contribution is -0.151. The van der Waals surface area contributed by atoms with E-state index in [1.54, 1.807) is 54.6 Å². The number of amides is 2. The van der Waals surface area contributed by atoms with Crippen molar-refractivity contribution in [2.45, 2.75) is 83.1 Å². The Morgan fingerprint density at radius 2 is 1.35 bits per heavy atom. The van der Waals surface area contributed by atoms with E-state index in [9.17, 15) is 19.5 Å². The van der Waals surface area contributed by atoms with E-state index in [0.29, 0.717) is 17.7 Å². The number of aliphatic hydroxyl groups excluding tert-OH is 1. The molecule has 1 unspecified atom stereocenters. The van der Waals surface area contributed by atoms with Crippen molar-refractivity contribution in [3.8, 4) is 0 Å². The van der Waals surface area contributed by atoms with Crippen molar-refractivity contribution in [2.75, 3.05) is 13.2 Å². The van der Waals surface area contributed by atoms with Crippen molar-refractivity contribution in [2.24, 2.45) is 0 Å². The molecule has 0 radical (unpaired) electrons. The number of aliphatic hydroxyl groups is 1. The Morgan fingerprint density at radius 3 is 1.89 bits per heavy atom.